The number of amides is 1. The van der Waals surface area contributed by atoms with Crippen molar-refractivity contribution in [1.82, 2.24) is 9.36 Å². The molecule has 32 heavy (non-hydrogen) atoms. The number of hydrogen-bond donors (Lipinski definition) is 1. The molecular formula is C23H15Cl3FN3O2. The third-order valence-electron chi connectivity index (χ3n) is 4.73. The van der Waals surface area contributed by atoms with E-state index in [0.717, 1.165) is 5.56 Å². The van der Waals surface area contributed by atoms with Crippen LogP contribution in [0.5, 0.6) is 0 Å². The Labute approximate surface area is 197 Å². The van der Waals surface area contributed by atoms with E-state index in [1.165, 1.54) is 41.2 Å². The van der Waals surface area contributed by atoms with Crippen LogP contribution in [-0.4, -0.2) is 15.3 Å². The average molecular weight is 491 g/mol. The standard InChI is InChI=1S/C23H15Cl3FN3O2/c24-15-5-10-21(20(26)11-15)30-23(32)18(22(31)28-17-8-6-16(27)7-9-17)13-29(30)12-14-3-1-2-4-19(14)25/h1-11,13H,12H2,(H,28,31). The minimum atomic E-state index is -0.640. The van der Waals surface area contributed by atoms with Gasteiger partial charge in [0.05, 0.1) is 17.3 Å². The smallest absolute Gasteiger partial charge is 0.284 e. The van der Waals surface area contributed by atoms with Crippen LogP contribution in [0.4, 0.5) is 10.1 Å². The van der Waals surface area contributed by atoms with Gasteiger partial charge in [-0.25, -0.2) is 9.07 Å². The maximum Gasteiger partial charge on any atom is 0.284 e. The molecule has 0 unspecified atom stereocenters. The van der Waals surface area contributed by atoms with E-state index in [1.807, 2.05) is 12.1 Å². The minimum Gasteiger partial charge on any atom is -0.322 e. The lowest BCUT2D eigenvalue weighted by Gasteiger charge is -2.14. The Hall–Kier alpha value is -3.06. The maximum absolute atomic E-state index is 13.3. The fourth-order valence-corrected chi connectivity index (χ4v) is 3.88. The van der Waals surface area contributed by atoms with Gasteiger partial charge in [-0.05, 0) is 54.1 Å². The number of nitrogens with one attached hydrogen (secondary N) is 1. The van der Waals surface area contributed by atoms with E-state index in [9.17, 15) is 14.0 Å². The second kappa shape index (κ2) is 9.20. The molecule has 0 aliphatic rings. The van der Waals surface area contributed by atoms with Crippen LogP contribution in [0.15, 0.2) is 77.7 Å². The number of carbonyl (C=O) groups excluding carboxylic acids is 1. The van der Waals surface area contributed by atoms with Gasteiger partial charge < -0.3 is 5.32 Å². The van der Waals surface area contributed by atoms with E-state index in [0.29, 0.717) is 21.4 Å². The SMILES string of the molecule is O=C(Nc1ccc(F)cc1)c1cn(Cc2ccccc2Cl)n(-c2ccc(Cl)cc2Cl)c1=O. The van der Waals surface area contributed by atoms with Crippen molar-refractivity contribution in [3.05, 3.63) is 115 Å². The molecule has 3 aromatic carbocycles. The molecule has 0 saturated heterocycles. The molecule has 9 heteroatoms. The van der Waals surface area contributed by atoms with Crippen molar-refractivity contribution < 1.29 is 9.18 Å². The molecule has 1 amide bonds. The summed E-state index contributed by atoms with van der Waals surface area (Å²) >= 11 is 18.7. The Bertz CT molecular complexity index is 1360. The van der Waals surface area contributed by atoms with Crippen LogP contribution in [0.25, 0.3) is 5.69 Å². The molecule has 0 aliphatic heterocycles. The second-order valence-electron chi connectivity index (χ2n) is 6.91. The molecule has 5 nitrogen and oxygen atoms in total. The molecule has 162 valence electrons. The molecule has 4 aromatic rings. The lowest BCUT2D eigenvalue weighted by molar-refractivity contribution is 0.102. The summed E-state index contributed by atoms with van der Waals surface area (Å²) in [6, 6.07) is 17.1. The molecule has 0 saturated carbocycles. The average Bonchev–Trinajstić information content (AvgIpc) is 3.07. The van der Waals surface area contributed by atoms with Gasteiger partial charge in [-0.1, -0.05) is 53.0 Å². The van der Waals surface area contributed by atoms with Crippen molar-refractivity contribution in [2.75, 3.05) is 5.32 Å². The zero-order valence-electron chi connectivity index (χ0n) is 16.4. The highest BCUT2D eigenvalue weighted by Gasteiger charge is 2.21. The van der Waals surface area contributed by atoms with E-state index in [2.05, 4.69) is 5.32 Å². The summed E-state index contributed by atoms with van der Waals surface area (Å²) in [4.78, 5) is 26.1. The van der Waals surface area contributed by atoms with Gasteiger partial charge in [0.2, 0.25) is 0 Å². The van der Waals surface area contributed by atoms with Crippen molar-refractivity contribution in [2.45, 2.75) is 6.54 Å². The van der Waals surface area contributed by atoms with Crippen molar-refractivity contribution in [3.8, 4) is 5.69 Å². The van der Waals surface area contributed by atoms with Crippen LogP contribution < -0.4 is 10.9 Å². The number of benzene rings is 3. The Balaban J connectivity index is 1.80. The number of carbonyl (C=O) groups is 1. The largest absolute Gasteiger partial charge is 0.322 e. The first-order chi connectivity index (χ1) is 15.3. The van der Waals surface area contributed by atoms with Gasteiger partial charge in [0.15, 0.2) is 0 Å². The highest BCUT2D eigenvalue weighted by Crippen LogP contribution is 2.25. The van der Waals surface area contributed by atoms with Crippen molar-refractivity contribution in [2.24, 2.45) is 0 Å². The van der Waals surface area contributed by atoms with Crippen LogP contribution >= 0.6 is 34.8 Å². The van der Waals surface area contributed by atoms with E-state index in [-0.39, 0.29) is 17.1 Å². The molecule has 1 aromatic heterocycles. The third kappa shape index (κ3) is 4.58. The highest BCUT2D eigenvalue weighted by molar-refractivity contribution is 6.35. The van der Waals surface area contributed by atoms with Crippen molar-refractivity contribution in [3.63, 3.8) is 0 Å². The Kier molecular flexibility index (Phi) is 6.37. The van der Waals surface area contributed by atoms with E-state index in [4.69, 9.17) is 34.8 Å². The number of rotatable bonds is 5. The molecule has 1 N–H and O–H groups in total. The molecule has 1 heterocycles. The molecule has 0 spiro atoms. The predicted molar refractivity (Wildman–Crippen MR) is 125 cm³/mol. The first-order valence-electron chi connectivity index (χ1n) is 9.41. The fraction of sp³-hybridized carbons (Fsp3) is 0.0435. The first-order valence-corrected chi connectivity index (χ1v) is 10.5. The molecule has 4 rings (SSSR count). The summed E-state index contributed by atoms with van der Waals surface area (Å²) in [5.74, 6) is -1.08. The second-order valence-corrected chi connectivity index (χ2v) is 8.16. The molecule has 0 fully saturated rings. The molecule has 0 bridgehead atoms. The van der Waals surface area contributed by atoms with Crippen LogP contribution in [0.2, 0.25) is 15.1 Å². The number of halogens is 4. The Morgan fingerprint density at radius 3 is 2.34 bits per heavy atom. The van der Waals surface area contributed by atoms with Gasteiger partial charge in [0.25, 0.3) is 11.5 Å². The summed E-state index contributed by atoms with van der Waals surface area (Å²) in [5, 5.41) is 3.77. The minimum absolute atomic E-state index is 0.118. The zero-order chi connectivity index (χ0) is 22.8. The topological polar surface area (TPSA) is 56.0 Å². The van der Waals surface area contributed by atoms with Gasteiger partial charge in [0, 0.05) is 21.9 Å². The monoisotopic (exact) mass is 489 g/mol. The normalized spacial score (nSPS) is 10.9. The summed E-state index contributed by atoms with van der Waals surface area (Å²) in [6.45, 7) is 0.206. The third-order valence-corrected chi connectivity index (χ3v) is 5.64. The fourth-order valence-electron chi connectivity index (χ4n) is 3.20. The molecule has 0 atom stereocenters. The van der Waals surface area contributed by atoms with E-state index < -0.39 is 17.3 Å². The number of nitrogens with zero attached hydrogens (tertiary/aromatic N) is 2. The van der Waals surface area contributed by atoms with Crippen molar-refractivity contribution >= 4 is 46.4 Å². The highest BCUT2D eigenvalue weighted by atomic mass is 35.5. The lowest BCUT2D eigenvalue weighted by atomic mass is 10.2. The Morgan fingerprint density at radius 1 is 0.938 bits per heavy atom. The van der Waals surface area contributed by atoms with Crippen LogP contribution in [-0.2, 0) is 6.54 Å². The van der Waals surface area contributed by atoms with Crippen molar-refractivity contribution in [1.29, 1.82) is 0 Å². The van der Waals surface area contributed by atoms with Gasteiger partial charge >= 0.3 is 0 Å². The summed E-state index contributed by atoms with van der Waals surface area (Å²) < 4.78 is 16.0. The van der Waals surface area contributed by atoms with Crippen LogP contribution in [0.3, 0.4) is 0 Å². The van der Waals surface area contributed by atoms with Crippen LogP contribution in [0.1, 0.15) is 15.9 Å². The van der Waals surface area contributed by atoms with Gasteiger partial charge in [-0.2, -0.15) is 0 Å². The van der Waals surface area contributed by atoms with E-state index >= 15 is 0 Å². The molecular weight excluding hydrogens is 476 g/mol. The summed E-state index contributed by atoms with van der Waals surface area (Å²) in [7, 11) is 0. The lowest BCUT2D eigenvalue weighted by Crippen LogP contribution is -2.26. The maximum atomic E-state index is 13.3. The summed E-state index contributed by atoms with van der Waals surface area (Å²) in [6.07, 6.45) is 1.43. The zero-order valence-corrected chi connectivity index (χ0v) is 18.6. The Morgan fingerprint density at radius 2 is 1.66 bits per heavy atom. The quantitative estimate of drug-likeness (QED) is 0.371. The van der Waals surface area contributed by atoms with Crippen LogP contribution in [0, 0.1) is 5.82 Å². The molecule has 0 aliphatic carbocycles. The van der Waals surface area contributed by atoms with Gasteiger partial charge in [-0.3, -0.25) is 14.3 Å². The molecule has 0 radical (unpaired) electrons. The number of anilines is 1. The summed E-state index contributed by atoms with van der Waals surface area (Å²) in [5.41, 5.74) is 0.751. The number of aromatic nitrogens is 2. The van der Waals surface area contributed by atoms with Gasteiger partial charge in [-0.15, -0.1) is 0 Å². The number of hydrogen-bond acceptors (Lipinski definition) is 2. The van der Waals surface area contributed by atoms with E-state index in [1.54, 1.807) is 28.9 Å². The predicted octanol–water partition coefficient (Wildman–Crippen LogP) is 6.04. The first kappa shape index (κ1) is 22.1. The van der Waals surface area contributed by atoms with Gasteiger partial charge in [0.1, 0.15) is 11.4 Å².